The Hall–Kier alpha value is -2.99. The van der Waals surface area contributed by atoms with Crippen LogP contribution in [0.25, 0.3) is 17.8 Å². The van der Waals surface area contributed by atoms with Gasteiger partial charge < -0.3 is 0 Å². The molecule has 0 aliphatic heterocycles. The number of rotatable bonds is 3. The Morgan fingerprint density at radius 1 is 1.04 bits per heavy atom. The van der Waals surface area contributed by atoms with Crippen LogP contribution in [0.2, 0.25) is 5.02 Å². The van der Waals surface area contributed by atoms with Crippen LogP contribution in [-0.4, -0.2) is 16.1 Å². The number of aromatic amines is 1. The normalized spacial score (nSPS) is 12.6. The molecule has 0 bridgehead atoms. The van der Waals surface area contributed by atoms with Crippen LogP contribution in [0.4, 0.5) is 8.78 Å². The predicted molar refractivity (Wildman–Crippen MR) is 91.1 cm³/mol. The summed E-state index contributed by atoms with van der Waals surface area (Å²) in [6.45, 7) is 0. The number of H-pyrrole nitrogens is 1. The Morgan fingerprint density at radius 3 is 2.36 bits per heavy atom. The first kappa shape index (κ1) is 16.9. The summed E-state index contributed by atoms with van der Waals surface area (Å²) in [5, 5.41) is 3.08. The van der Waals surface area contributed by atoms with E-state index in [1.54, 1.807) is 24.3 Å². The fraction of sp³-hybridized carbons (Fsp3) is 0. The third kappa shape index (κ3) is 3.16. The summed E-state index contributed by atoms with van der Waals surface area (Å²) < 4.78 is 28.9. The lowest BCUT2D eigenvalue weighted by Crippen LogP contribution is -2.35. The van der Waals surface area contributed by atoms with E-state index in [9.17, 15) is 18.4 Å². The van der Waals surface area contributed by atoms with Crippen LogP contribution >= 0.6 is 11.6 Å². The van der Waals surface area contributed by atoms with E-state index in [1.807, 2.05) is 0 Å². The number of aromatic nitrogens is 2. The molecule has 0 unspecified atom stereocenters. The summed E-state index contributed by atoms with van der Waals surface area (Å²) in [6.07, 6.45) is 2.63. The molecule has 25 heavy (non-hydrogen) atoms. The van der Waals surface area contributed by atoms with Crippen molar-refractivity contribution < 1.29 is 13.6 Å². The standard InChI is InChI=1S/C18H11ClF2N2O2/c19-13-4-1-2-7-17(13)23-18(25)12(16(22-23)8-9-24)10-11-14(20)5-3-6-15(11)21/h1-10,22H/b12-10-,16-8+. The van der Waals surface area contributed by atoms with Gasteiger partial charge >= 0.3 is 0 Å². The van der Waals surface area contributed by atoms with Gasteiger partial charge in [0.05, 0.1) is 21.3 Å². The molecule has 0 radical (unpaired) electrons. The number of nitrogens with zero attached hydrogens (tertiary/aromatic N) is 1. The molecule has 2 aromatic carbocycles. The van der Waals surface area contributed by atoms with Crippen LogP contribution in [0.3, 0.4) is 0 Å². The highest BCUT2D eigenvalue weighted by Crippen LogP contribution is 2.16. The van der Waals surface area contributed by atoms with E-state index < -0.39 is 17.2 Å². The van der Waals surface area contributed by atoms with E-state index in [4.69, 9.17) is 11.6 Å². The zero-order chi connectivity index (χ0) is 18.0. The van der Waals surface area contributed by atoms with E-state index in [2.05, 4.69) is 5.10 Å². The zero-order valence-electron chi connectivity index (χ0n) is 12.7. The number of nitrogens with one attached hydrogen (secondary N) is 1. The minimum absolute atomic E-state index is 0.0592. The topological polar surface area (TPSA) is 54.9 Å². The van der Waals surface area contributed by atoms with Gasteiger partial charge in [0.25, 0.3) is 5.56 Å². The molecule has 0 fully saturated rings. The smallest absolute Gasteiger partial charge is 0.279 e. The molecule has 0 aliphatic carbocycles. The van der Waals surface area contributed by atoms with E-state index in [0.717, 1.165) is 29.0 Å². The van der Waals surface area contributed by atoms with Crippen molar-refractivity contribution in [3.63, 3.8) is 0 Å². The van der Waals surface area contributed by atoms with Crippen molar-refractivity contribution in [2.24, 2.45) is 0 Å². The number of halogens is 3. The first-order valence-electron chi connectivity index (χ1n) is 7.20. The van der Waals surface area contributed by atoms with Crippen LogP contribution in [0.5, 0.6) is 0 Å². The first-order chi connectivity index (χ1) is 12.0. The quantitative estimate of drug-likeness (QED) is 0.725. The van der Waals surface area contributed by atoms with E-state index in [0.29, 0.717) is 17.0 Å². The molecule has 1 N–H and O–H groups in total. The number of hydrogen-bond donors (Lipinski definition) is 1. The van der Waals surface area contributed by atoms with Crippen molar-refractivity contribution in [1.29, 1.82) is 0 Å². The SMILES string of the molecule is O=C/C=c1/[nH]n(-c2ccccc2Cl)c(=O)/c1=C\c1c(F)cccc1F. The Kier molecular flexibility index (Phi) is 4.63. The van der Waals surface area contributed by atoms with Crippen molar-refractivity contribution >= 4 is 30.0 Å². The van der Waals surface area contributed by atoms with Crippen LogP contribution < -0.4 is 16.1 Å². The average Bonchev–Trinajstić information content (AvgIpc) is 2.88. The maximum absolute atomic E-state index is 13.9. The van der Waals surface area contributed by atoms with Crippen LogP contribution in [-0.2, 0) is 4.79 Å². The minimum atomic E-state index is -0.818. The largest absolute Gasteiger partial charge is 0.298 e. The molecule has 0 saturated carbocycles. The third-order valence-electron chi connectivity index (χ3n) is 3.57. The van der Waals surface area contributed by atoms with E-state index >= 15 is 0 Å². The van der Waals surface area contributed by atoms with Crippen molar-refractivity contribution in [1.82, 2.24) is 9.78 Å². The van der Waals surface area contributed by atoms with Gasteiger partial charge in [-0.3, -0.25) is 14.7 Å². The molecular formula is C18H11ClF2N2O2. The van der Waals surface area contributed by atoms with Crippen molar-refractivity contribution in [2.45, 2.75) is 0 Å². The molecule has 3 aromatic rings. The highest BCUT2D eigenvalue weighted by Gasteiger charge is 2.11. The van der Waals surface area contributed by atoms with Gasteiger partial charge in [-0.2, -0.15) is 0 Å². The van der Waals surface area contributed by atoms with Crippen molar-refractivity contribution in [3.8, 4) is 5.69 Å². The average molecular weight is 361 g/mol. The van der Waals surface area contributed by atoms with E-state index in [-0.39, 0.29) is 16.1 Å². The predicted octanol–water partition coefficient (Wildman–Crippen LogP) is 1.91. The van der Waals surface area contributed by atoms with Gasteiger partial charge in [0, 0.05) is 11.6 Å². The number of aldehydes is 1. The molecule has 7 heteroatoms. The number of benzene rings is 2. The zero-order valence-corrected chi connectivity index (χ0v) is 13.4. The molecule has 0 saturated heterocycles. The lowest BCUT2D eigenvalue weighted by molar-refractivity contribution is -0.103. The molecule has 0 amide bonds. The van der Waals surface area contributed by atoms with Gasteiger partial charge in [-0.25, -0.2) is 13.5 Å². The lowest BCUT2D eigenvalue weighted by atomic mass is 10.1. The summed E-state index contributed by atoms with van der Waals surface area (Å²) in [4.78, 5) is 23.6. The summed E-state index contributed by atoms with van der Waals surface area (Å²) in [6, 6.07) is 9.94. The molecular weight excluding hydrogens is 350 g/mol. The number of carbonyl (C=O) groups is 1. The van der Waals surface area contributed by atoms with Crippen LogP contribution in [0, 0.1) is 11.6 Å². The molecule has 126 valence electrons. The maximum Gasteiger partial charge on any atom is 0.279 e. The van der Waals surface area contributed by atoms with Gasteiger partial charge in [0.1, 0.15) is 17.9 Å². The number of para-hydroxylation sites is 1. The second-order valence-corrected chi connectivity index (χ2v) is 5.52. The van der Waals surface area contributed by atoms with Crippen molar-refractivity contribution in [2.75, 3.05) is 0 Å². The Labute approximate surface area is 145 Å². The molecule has 1 aromatic heterocycles. The Morgan fingerprint density at radius 2 is 1.72 bits per heavy atom. The van der Waals surface area contributed by atoms with Crippen molar-refractivity contribution in [3.05, 3.63) is 85.6 Å². The molecule has 0 aliphatic rings. The highest BCUT2D eigenvalue weighted by atomic mass is 35.5. The molecule has 4 nitrogen and oxygen atoms in total. The van der Waals surface area contributed by atoms with Gasteiger partial charge in [-0.1, -0.05) is 29.8 Å². The summed E-state index contributed by atoms with van der Waals surface area (Å²) >= 11 is 6.09. The summed E-state index contributed by atoms with van der Waals surface area (Å²) in [7, 11) is 0. The van der Waals surface area contributed by atoms with Gasteiger partial charge in [-0.15, -0.1) is 0 Å². The number of hydrogen-bond acceptors (Lipinski definition) is 2. The third-order valence-corrected chi connectivity index (χ3v) is 3.89. The second-order valence-electron chi connectivity index (χ2n) is 5.11. The highest BCUT2D eigenvalue weighted by molar-refractivity contribution is 6.32. The lowest BCUT2D eigenvalue weighted by Gasteiger charge is -2.02. The summed E-state index contributed by atoms with van der Waals surface area (Å²) in [5.74, 6) is -1.64. The Bertz CT molecular complexity index is 1110. The Balaban J connectivity index is 2.37. The maximum atomic E-state index is 13.9. The number of carbonyl (C=O) groups excluding carboxylic acids is 1. The van der Waals surface area contributed by atoms with Gasteiger partial charge in [0.15, 0.2) is 0 Å². The molecule has 1 heterocycles. The minimum Gasteiger partial charge on any atom is -0.298 e. The van der Waals surface area contributed by atoms with Gasteiger partial charge in [-0.05, 0) is 30.3 Å². The van der Waals surface area contributed by atoms with Gasteiger partial charge in [0.2, 0.25) is 0 Å². The summed E-state index contributed by atoms with van der Waals surface area (Å²) in [5.41, 5.74) is -0.613. The monoisotopic (exact) mass is 360 g/mol. The first-order valence-corrected chi connectivity index (χ1v) is 7.58. The van der Waals surface area contributed by atoms with Crippen LogP contribution in [0.1, 0.15) is 5.56 Å². The molecule has 0 spiro atoms. The fourth-order valence-corrected chi connectivity index (χ4v) is 2.62. The second kappa shape index (κ2) is 6.86. The van der Waals surface area contributed by atoms with Crippen LogP contribution in [0.15, 0.2) is 47.3 Å². The molecule has 3 rings (SSSR count). The van der Waals surface area contributed by atoms with E-state index in [1.165, 1.54) is 6.07 Å². The fourth-order valence-electron chi connectivity index (χ4n) is 2.40. The molecule has 0 atom stereocenters.